The van der Waals surface area contributed by atoms with E-state index in [-0.39, 0.29) is 22.2 Å². The van der Waals surface area contributed by atoms with Crippen LogP contribution in [0.25, 0.3) is 22.2 Å². The molecular formula is C37H33N5O4S2. The first-order valence-corrected chi connectivity index (χ1v) is 17.6. The van der Waals surface area contributed by atoms with Gasteiger partial charge in [0.05, 0.1) is 23.9 Å². The van der Waals surface area contributed by atoms with Crippen LogP contribution >= 0.6 is 23.1 Å². The summed E-state index contributed by atoms with van der Waals surface area (Å²) in [5, 5.41) is 23.2. The fourth-order valence-electron chi connectivity index (χ4n) is 6.02. The molecule has 1 N–H and O–H groups in total. The van der Waals surface area contributed by atoms with Crippen LogP contribution in [-0.4, -0.2) is 43.0 Å². The van der Waals surface area contributed by atoms with E-state index in [0.717, 1.165) is 29.4 Å². The first-order chi connectivity index (χ1) is 23.4. The third-order valence-corrected chi connectivity index (χ3v) is 10.7. The van der Waals surface area contributed by atoms with Crippen molar-refractivity contribution in [3.63, 3.8) is 0 Å². The minimum Gasteiger partial charge on any atom is -0.505 e. The normalized spacial score (nSPS) is 16.0. The molecule has 1 saturated heterocycles. The maximum atomic E-state index is 13.8. The van der Waals surface area contributed by atoms with Crippen LogP contribution in [-0.2, 0) is 15.3 Å². The number of hydrogen-bond acceptors (Lipinski definition) is 9. The lowest BCUT2D eigenvalue weighted by atomic mass is 9.96. The van der Waals surface area contributed by atoms with Crippen molar-refractivity contribution in [3.8, 4) is 5.75 Å². The highest BCUT2D eigenvalue weighted by Crippen LogP contribution is 2.44. The SMILES string of the molecule is CCCCOc1ccc(C2C(=C(O)c3nc4c(C)cccn4c3C)C(=O)C(=O)N2c2nnc(SCc3cccc4ccccc34)s2)cc1. The highest BCUT2D eigenvalue weighted by atomic mass is 32.2. The zero-order valence-electron chi connectivity index (χ0n) is 26.7. The zero-order valence-corrected chi connectivity index (χ0v) is 28.3. The molecular weight excluding hydrogens is 643 g/mol. The molecule has 1 amide bonds. The van der Waals surface area contributed by atoms with E-state index in [9.17, 15) is 14.7 Å². The number of nitrogens with zero attached hydrogens (tertiary/aromatic N) is 5. The average molecular weight is 676 g/mol. The van der Waals surface area contributed by atoms with Crippen molar-refractivity contribution in [3.05, 3.63) is 119 Å². The van der Waals surface area contributed by atoms with Gasteiger partial charge in [-0.2, -0.15) is 0 Å². The van der Waals surface area contributed by atoms with Crippen molar-refractivity contribution in [2.75, 3.05) is 11.5 Å². The topological polar surface area (TPSA) is 110 Å². The van der Waals surface area contributed by atoms with Gasteiger partial charge in [0, 0.05) is 11.9 Å². The number of carbonyl (C=O) groups is 2. The number of rotatable bonds is 10. The highest BCUT2D eigenvalue weighted by Gasteiger charge is 2.49. The lowest BCUT2D eigenvalue weighted by Gasteiger charge is -2.22. The van der Waals surface area contributed by atoms with Gasteiger partial charge < -0.3 is 14.2 Å². The van der Waals surface area contributed by atoms with Gasteiger partial charge in [0.2, 0.25) is 5.13 Å². The number of aliphatic hydroxyl groups excluding tert-OH is 1. The number of aryl methyl sites for hydroxylation is 2. The Morgan fingerprint density at radius 1 is 0.979 bits per heavy atom. The maximum Gasteiger partial charge on any atom is 0.301 e. The Morgan fingerprint density at radius 2 is 1.77 bits per heavy atom. The van der Waals surface area contributed by atoms with Crippen LogP contribution in [0, 0.1) is 13.8 Å². The molecule has 6 aromatic rings. The number of aromatic nitrogens is 4. The summed E-state index contributed by atoms with van der Waals surface area (Å²) in [6.07, 6.45) is 3.80. The fraction of sp³-hybridized carbons (Fsp3) is 0.216. The van der Waals surface area contributed by atoms with E-state index >= 15 is 0 Å². The number of anilines is 1. The molecule has 0 radical (unpaired) electrons. The van der Waals surface area contributed by atoms with Crippen molar-refractivity contribution in [2.45, 2.75) is 49.7 Å². The standard InChI is InChI=1S/C37H33N5O4S2/c1-4-5-20-46-27-17-15-25(16-18-27)31-29(32(43)30-23(3)41-19-9-10-22(2)34(41)38-30)33(44)35(45)42(31)36-39-40-37(48-36)47-21-26-13-8-12-24-11-6-7-14-28(24)26/h6-19,31,43H,4-5,20-21H2,1-3H3. The summed E-state index contributed by atoms with van der Waals surface area (Å²) in [7, 11) is 0. The number of benzene rings is 3. The number of carbonyl (C=O) groups excluding carboxylic acids is 2. The number of hydrogen-bond donors (Lipinski definition) is 1. The predicted octanol–water partition coefficient (Wildman–Crippen LogP) is 8.05. The number of amides is 1. The molecule has 1 fully saturated rings. The summed E-state index contributed by atoms with van der Waals surface area (Å²) in [6, 6.07) is 24.6. The van der Waals surface area contributed by atoms with Crippen LogP contribution in [0.4, 0.5) is 5.13 Å². The average Bonchev–Trinajstić information content (AvgIpc) is 3.78. The van der Waals surface area contributed by atoms with Gasteiger partial charge in [-0.05, 0) is 65.9 Å². The Bertz CT molecular complexity index is 2200. The lowest BCUT2D eigenvalue weighted by molar-refractivity contribution is -0.132. The van der Waals surface area contributed by atoms with E-state index in [0.29, 0.717) is 39.4 Å². The van der Waals surface area contributed by atoms with Gasteiger partial charge in [-0.1, -0.05) is 97.1 Å². The fourth-order valence-corrected chi connectivity index (χ4v) is 7.89. The van der Waals surface area contributed by atoms with E-state index in [1.807, 2.05) is 79.0 Å². The summed E-state index contributed by atoms with van der Waals surface area (Å²) < 4.78 is 8.39. The summed E-state index contributed by atoms with van der Waals surface area (Å²) in [5.74, 6) is -0.596. The van der Waals surface area contributed by atoms with Gasteiger partial charge in [-0.25, -0.2) is 4.98 Å². The van der Waals surface area contributed by atoms with Gasteiger partial charge in [-0.15, -0.1) is 10.2 Å². The summed E-state index contributed by atoms with van der Waals surface area (Å²) in [4.78, 5) is 33.7. The molecule has 4 heterocycles. The highest BCUT2D eigenvalue weighted by molar-refractivity contribution is 8.00. The second kappa shape index (κ2) is 13.2. The number of imidazole rings is 1. The van der Waals surface area contributed by atoms with E-state index < -0.39 is 17.7 Å². The molecule has 0 bridgehead atoms. The first kappa shape index (κ1) is 31.6. The van der Waals surface area contributed by atoms with Crippen LogP contribution in [0.15, 0.2) is 95.0 Å². The molecule has 0 saturated carbocycles. The van der Waals surface area contributed by atoms with E-state index in [1.54, 1.807) is 0 Å². The van der Waals surface area contributed by atoms with Gasteiger partial charge in [0.15, 0.2) is 10.1 Å². The third kappa shape index (κ3) is 5.73. The largest absolute Gasteiger partial charge is 0.505 e. The van der Waals surface area contributed by atoms with Crippen molar-refractivity contribution < 1.29 is 19.4 Å². The van der Waals surface area contributed by atoms with Crippen molar-refractivity contribution in [1.29, 1.82) is 0 Å². The molecule has 3 aromatic carbocycles. The van der Waals surface area contributed by atoms with E-state index in [1.165, 1.54) is 33.4 Å². The number of pyridine rings is 1. The molecule has 1 aliphatic heterocycles. The number of fused-ring (bicyclic) bond motifs is 2. The quantitative estimate of drug-likeness (QED) is 0.0388. The summed E-state index contributed by atoms with van der Waals surface area (Å²) in [6.45, 7) is 6.44. The van der Waals surface area contributed by atoms with Crippen LogP contribution in [0.1, 0.15) is 53.9 Å². The molecule has 11 heteroatoms. The number of aliphatic hydroxyl groups is 1. The lowest BCUT2D eigenvalue weighted by Crippen LogP contribution is -2.29. The molecule has 0 aliphatic carbocycles. The monoisotopic (exact) mass is 675 g/mol. The number of thioether (sulfide) groups is 1. The molecule has 242 valence electrons. The molecule has 7 rings (SSSR count). The number of ketones is 1. The van der Waals surface area contributed by atoms with Crippen LogP contribution in [0.3, 0.4) is 0 Å². The van der Waals surface area contributed by atoms with Crippen molar-refractivity contribution in [1.82, 2.24) is 19.6 Å². The van der Waals surface area contributed by atoms with Crippen LogP contribution in [0.5, 0.6) is 5.75 Å². The molecule has 3 aromatic heterocycles. The Balaban J connectivity index is 1.27. The van der Waals surface area contributed by atoms with Gasteiger partial charge in [0.25, 0.3) is 5.78 Å². The predicted molar refractivity (Wildman–Crippen MR) is 190 cm³/mol. The minimum atomic E-state index is -0.955. The first-order valence-electron chi connectivity index (χ1n) is 15.8. The molecule has 9 nitrogen and oxygen atoms in total. The molecule has 48 heavy (non-hydrogen) atoms. The third-order valence-electron chi connectivity index (χ3n) is 8.55. The smallest absolute Gasteiger partial charge is 0.301 e. The second-order valence-electron chi connectivity index (χ2n) is 11.6. The van der Waals surface area contributed by atoms with Gasteiger partial charge >= 0.3 is 5.91 Å². The van der Waals surface area contributed by atoms with Gasteiger partial charge in [0.1, 0.15) is 17.1 Å². The van der Waals surface area contributed by atoms with E-state index in [4.69, 9.17) is 9.72 Å². The van der Waals surface area contributed by atoms with Crippen LogP contribution < -0.4 is 9.64 Å². The Kier molecular flexibility index (Phi) is 8.72. The Labute approximate surface area is 285 Å². The van der Waals surface area contributed by atoms with E-state index in [2.05, 4.69) is 41.4 Å². The molecule has 1 aliphatic rings. The van der Waals surface area contributed by atoms with Crippen LogP contribution in [0.2, 0.25) is 0 Å². The summed E-state index contributed by atoms with van der Waals surface area (Å²) >= 11 is 2.76. The minimum absolute atomic E-state index is 0.0519. The zero-order chi connectivity index (χ0) is 33.4. The Hall–Kier alpha value is -5.00. The van der Waals surface area contributed by atoms with Crippen molar-refractivity contribution >= 4 is 62.1 Å². The summed E-state index contributed by atoms with van der Waals surface area (Å²) in [5.41, 5.74) is 4.20. The number of unbranched alkanes of at least 4 members (excludes halogenated alkanes) is 1. The second-order valence-corrected chi connectivity index (χ2v) is 13.8. The number of Topliss-reactive ketones (excluding diaryl/α,β-unsaturated/α-hetero) is 1. The van der Waals surface area contributed by atoms with Crippen molar-refractivity contribution in [2.24, 2.45) is 0 Å². The van der Waals surface area contributed by atoms with Gasteiger partial charge in [-0.3, -0.25) is 14.5 Å². The Morgan fingerprint density at radius 3 is 2.56 bits per heavy atom. The maximum absolute atomic E-state index is 13.8. The molecule has 1 unspecified atom stereocenters. The molecule has 0 spiro atoms. The number of ether oxygens (including phenoxy) is 1. The molecule has 1 atom stereocenters.